The zero-order chi connectivity index (χ0) is 15.5. The monoisotopic (exact) mass is 320 g/mol. The first-order valence-electron chi connectivity index (χ1n) is 7.82. The fraction of sp³-hybridized carbons (Fsp3) is 0.471. The first-order chi connectivity index (χ1) is 10.7. The van der Waals surface area contributed by atoms with Crippen LogP contribution in [0.5, 0.6) is 0 Å². The fourth-order valence-corrected chi connectivity index (χ4v) is 3.11. The van der Waals surface area contributed by atoms with Gasteiger partial charge in [0, 0.05) is 47.7 Å². The summed E-state index contributed by atoms with van der Waals surface area (Å²) < 4.78 is 2.07. The molecule has 1 aromatic heterocycles. The Bertz CT molecular complexity index is 664. The molecule has 1 aliphatic carbocycles. The molecule has 1 heterocycles. The van der Waals surface area contributed by atoms with Gasteiger partial charge in [0.05, 0.1) is 0 Å². The fourth-order valence-electron chi connectivity index (χ4n) is 2.93. The first-order valence-corrected chi connectivity index (χ1v) is 8.20. The van der Waals surface area contributed by atoms with Crippen molar-refractivity contribution in [2.45, 2.75) is 38.3 Å². The first kappa shape index (κ1) is 15.4. The van der Waals surface area contributed by atoms with E-state index in [0.717, 1.165) is 28.8 Å². The number of hydrogen-bond acceptors (Lipinski definition) is 2. The van der Waals surface area contributed by atoms with Gasteiger partial charge in [0.15, 0.2) is 0 Å². The molecule has 0 radical (unpaired) electrons. The smallest absolute Gasteiger partial charge is 0.222 e. The number of rotatable bonds is 7. The minimum Gasteiger partial charge on any atom is -0.396 e. The molecule has 1 saturated carbocycles. The maximum atomic E-state index is 12.1. The van der Waals surface area contributed by atoms with Crippen LogP contribution in [0.2, 0.25) is 5.02 Å². The van der Waals surface area contributed by atoms with E-state index in [-0.39, 0.29) is 18.6 Å². The van der Waals surface area contributed by atoms with Gasteiger partial charge in [-0.25, -0.2) is 0 Å². The van der Waals surface area contributed by atoms with E-state index in [1.54, 1.807) is 0 Å². The molecule has 1 atom stereocenters. The van der Waals surface area contributed by atoms with Gasteiger partial charge >= 0.3 is 0 Å². The van der Waals surface area contributed by atoms with E-state index in [9.17, 15) is 4.79 Å². The molecule has 1 aromatic carbocycles. The zero-order valence-corrected chi connectivity index (χ0v) is 13.2. The van der Waals surface area contributed by atoms with Crippen molar-refractivity contribution < 1.29 is 9.90 Å². The van der Waals surface area contributed by atoms with Gasteiger partial charge in [-0.05, 0) is 49.4 Å². The van der Waals surface area contributed by atoms with Gasteiger partial charge in [0.25, 0.3) is 0 Å². The van der Waals surface area contributed by atoms with Crippen molar-refractivity contribution in [3.63, 3.8) is 0 Å². The molecule has 0 bridgehead atoms. The van der Waals surface area contributed by atoms with Crippen molar-refractivity contribution in [1.82, 2.24) is 9.88 Å². The van der Waals surface area contributed by atoms with Crippen LogP contribution >= 0.6 is 11.6 Å². The topological polar surface area (TPSA) is 54.3 Å². The summed E-state index contributed by atoms with van der Waals surface area (Å²) in [6.45, 7) is 0.776. The third-order valence-electron chi connectivity index (χ3n) is 4.29. The Balaban J connectivity index is 1.57. The molecule has 5 heteroatoms. The summed E-state index contributed by atoms with van der Waals surface area (Å²) >= 11 is 5.98. The van der Waals surface area contributed by atoms with Crippen LogP contribution in [0.15, 0.2) is 30.5 Å². The second kappa shape index (κ2) is 6.71. The summed E-state index contributed by atoms with van der Waals surface area (Å²) in [6, 6.07) is 7.92. The third kappa shape index (κ3) is 3.62. The van der Waals surface area contributed by atoms with E-state index < -0.39 is 0 Å². The summed E-state index contributed by atoms with van der Waals surface area (Å²) in [5, 5.41) is 14.0. The van der Waals surface area contributed by atoms with E-state index in [1.807, 2.05) is 30.5 Å². The number of benzene rings is 1. The molecular formula is C17H21ClN2O2. The minimum absolute atomic E-state index is 0.0566. The highest BCUT2D eigenvalue weighted by Gasteiger charge is 2.31. The Morgan fingerprint density at radius 3 is 2.95 bits per heavy atom. The number of aliphatic hydroxyl groups excluding tert-OH is 1. The highest BCUT2D eigenvalue weighted by atomic mass is 35.5. The Morgan fingerprint density at radius 1 is 1.41 bits per heavy atom. The summed E-state index contributed by atoms with van der Waals surface area (Å²) in [4.78, 5) is 12.1. The van der Waals surface area contributed by atoms with Gasteiger partial charge in [0.1, 0.15) is 0 Å². The number of hydrogen-bond donors (Lipinski definition) is 2. The van der Waals surface area contributed by atoms with Crippen LogP contribution in [-0.4, -0.2) is 28.2 Å². The van der Waals surface area contributed by atoms with E-state index in [0.29, 0.717) is 25.3 Å². The molecule has 0 spiro atoms. The second-order valence-corrected chi connectivity index (χ2v) is 6.42. The standard InChI is InChI=1S/C17H21ClN2O2/c18-14-3-4-16-13(11-14)5-8-20(16)9-6-17(22)19-15(7-10-21)12-1-2-12/h3-5,8,11-12,15,21H,1-2,6-7,9-10H2,(H,19,22). The average Bonchev–Trinajstić information content (AvgIpc) is 3.26. The lowest BCUT2D eigenvalue weighted by atomic mass is 10.1. The molecule has 2 aromatic rings. The lowest BCUT2D eigenvalue weighted by Gasteiger charge is -2.17. The number of aryl methyl sites for hydroxylation is 1. The predicted molar refractivity (Wildman–Crippen MR) is 87.9 cm³/mol. The van der Waals surface area contributed by atoms with Crippen LogP contribution in [-0.2, 0) is 11.3 Å². The molecular weight excluding hydrogens is 300 g/mol. The third-order valence-corrected chi connectivity index (χ3v) is 4.53. The van der Waals surface area contributed by atoms with Crippen molar-refractivity contribution in [1.29, 1.82) is 0 Å². The van der Waals surface area contributed by atoms with Crippen molar-refractivity contribution in [3.05, 3.63) is 35.5 Å². The van der Waals surface area contributed by atoms with Gasteiger partial charge in [0.2, 0.25) is 5.91 Å². The number of fused-ring (bicyclic) bond motifs is 1. The molecule has 2 N–H and O–H groups in total. The molecule has 0 aliphatic heterocycles. The largest absolute Gasteiger partial charge is 0.396 e. The number of carbonyl (C=O) groups is 1. The molecule has 1 unspecified atom stereocenters. The summed E-state index contributed by atoms with van der Waals surface area (Å²) in [5.41, 5.74) is 1.09. The minimum atomic E-state index is 0.0566. The lowest BCUT2D eigenvalue weighted by Crippen LogP contribution is -2.37. The zero-order valence-electron chi connectivity index (χ0n) is 12.5. The van der Waals surface area contributed by atoms with E-state index in [2.05, 4.69) is 9.88 Å². The van der Waals surface area contributed by atoms with Crippen molar-refractivity contribution in [2.24, 2.45) is 5.92 Å². The summed E-state index contributed by atoms with van der Waals surface area (Å²) in [5.74, 6) is 0.617. The van der Waals surface area contributed by atoms with Crippen LogP contribution in [0.3, 0.4) is 0 Å². The van der Waals surface area contributed by atoms with Crippen LogP contribution < -0.4 is 5.32 Å². The van der Waals surface area contributed by atoms with Crippen molar-refractivity contribution >= 4 is 28.4 Å². The quantitative estimate of drug-likeness (QED) is 0.824. The molecule has 22 heavy (non-hydrogen) atoms. The highest BCUT2D eigenvalue weighted by Crippen LogP contribution is 2.33. The van der Waals surface area contributed by atoms with E-state index in [1.165, 1.54) is 0 Å². The van der Waals surface area contributed by atoms with Gasteiger partial charge in [-0.15, -0.1) is 0 Å². The Morgan fingerprint density at radius 2 is 2.23 bits per heavy atom. The molecule has 4 nitrogen and oxygen atoms in total. The van der Waals surface area contributed by atoms with Crippen LogP contribution in [0.25, 0.3) is 10.9 Å². The maximum absolute atomic E-state index is 12.1. The van der Waals surface area contributed by atoms with Gasteiger partial charge in [-0.1, -0.05) is 11.6 Å². The average molecular weight is 321 g/mol. The maximum Gasteiger partial charge on any atom is 0.222 e. The van der Waals surface area contributed by atoms with Crippen LogP contribution in [0, 0.1) is 5.92 Å². The Kier molecular flexibility index (Phi) is 4.69. The van der Waals surface area contributed by atoms with Crippen molar-refractivity contribution in [2.75, 3.05) is 6.61 Å². The number of carbonyl (C=O) groups excluding carboxylic acids is 1. The van der Waals surface area contributed by atoms with Gasteiger partial charge in [-0.3, -0.25) is 4.79 Å². The van der Waals surface area contributed by atoms with Crippen molar-refractivity contribution in [3.8, 4) is 0 Å². The SMILES string of the molecule is O=C(CCn1ccc2cc(Cl)ccc21)NC(CCO)C1CC1. The lowest BCUT2D eigenvalue weighted by molar-refractivity contribution is -0.122. The van der Waals surface area contributed by atoms with Crippen LogP contribution in [0.1, 0.15) is 25.7 Å². The number of aliphatic hydroxyl groups is 1. The van der Waals surface area contributed by atoms with E-state index >= 15 is 0 Å². The molecule has 1 amide bonds. The van der Waals surface area contributed by atoms with Gasteiger partial charge < -0.3 is 15.0 Å². The number of nitrogens with one attached hydrogen (secondary N) is 1. The number of aromatic nitrogens is 1. The number of amides is 1. The highest BCUT2D eigenvalue weighted by molar-refractivity contribution is 6.31. The molecule has 1 aliphatic rings. The molecule has 3 rings (SSSR count). The summed E-state index contributed by atoms with van der Waals surface area (Å²) in [6.07, 6.45) is 5.41. The Labute approximate surface area is 135 Å². The van der Waals surface area contributed by atoms with Gasteiger partial charge in [-0.2, -0.15) is 0 Å². The number of halogens is 1. The predicted octanol–water partition coefficient (Wildman–Crippen LogP) is 2.96. The molecule has 1 fully saturated rings. The Hall–Kier alpha value is -1.52. The second-order valence-electron chi connectivity index (χ2n) is 5.99. The number of nitrogens with zero attached hydrogens (tertiary/aromatic N) is 1. The summed E-state index contributed by atoms with van der Waals surface area (Å²) in [7, 11) is 0. The van der Waals surface area contributed by atoms with E-state index in [4.69, 9.17) is 16.7 Å². The van der Waals surface area contributed by atoms with Crippen LogP contribution in [0.4, 0.5) is 0 Å². The normalized spacial score (nSPS) is 15.9. The molecule has 118 valence electrons. The molecule has 0 saturated heterocycles.